The van der Waals surface area contributed by atoms with Crippen molar-refractivity contribution in [3.8, 4) is 0 Å². The van der Waals surface area contributed by atoms with Crippen LogP contribution in [0.3, 0.4) is 0 Å². The van der Waals surface area contributed by atoms with E-state index in [0.717, 1.165) is 5.75 Å². The molecule has 0 amide bonds. The lowest BCUT2D eigenvalue weighted by molar-refractivity contribution is 1.47. The van der Waals surface area contributed by atoms with E-state index in [1.165, 1.54) is 16.4 Å². The van der Waals surface area contributed by atoms with Crippen molar-refractivity contribution in [2.75, 3.05) is 5.75 Å². The minimum absolute atomic E-state index is 0.627. The van der Waals surface area contributed by atoms with Gasteiger partial charge in [0, 0.05) is 0 Å². The van der Waals surface area contributed by atoms with Gasteiger partial charge in [0.1, 0.15) is 8.80 Å². The average molecular weight is 243 g/mol. The Labute approximate surface area is 104 Å². The zero-order valence-corrected chi connectivity index (χ0v) is 11.0. The fourth-order valence-electron chi connectivity index (χ4n) is 1.85. The Balaban J connectivity index is 2.31. The summed E-state index contributed by atoms with van der Waals surface area (Å²) in [6.07, 6.45) is 0. The third-order valence-electron chi connectivity index (χ3n) is 2.61. The second kappa shape index (κ2) is 5.92. The predicted octanol–water partition coefficient (Wildman–Crippen LogP) is 2.23. The molecular formula is C14H15SSi. The maximum Gasteiger partial charge on any atom is 0.122 e. The summed E-state index contributed by atoms with van der Waals surface area (Å²) in [5.41, 5.74) is 0. The standard InChI is InChI=1S/C14H15SSi/c15-11-12-16(13-7-3-1-4-8-13)14-9-5-2-6-10-14/h1-10,15H,11-12H2. The van der Waals surface area contributed by atoms with Crippen LogP contribution in [0.5, 0.6) is 0 Å². The first-order valence-electron chi connectivity index (χ1n) is 5.49. The Morgan fingerprint density at radius 3 is 1.56 bits per heavy atom. The number of thiol groups is 1. The first kappa shape index (κ1) is 11.5. The molecule has 16 heavy (non-hydrogen) atoms. The minimum Gasteiger partial charge on any atom is -0.180 e. The van der Waals surface area contributed by atoms with Gasteiger partial charge in [0.25, 0.3) is 0 Å². The fraction of sp³-hybridized carbons (Fsp3) is 0.143. The second-order valence-electron chi connectivity index (χ2n) is 3.68. The van der Waals surface area contributed by atoms with Crippen LogP contribution in [-0.2, 0) is 0 Å². The van der Waals surface area contributed by atoms with Gasteiger partial charge in [0.15, 0.2) is 0 Å². The summed E-state index contributed by atoms with van der Waals surface area (Å²) in [5, 5.41) is 2.96. The van der Waals surface area contributed by atoms with E-state index in [4.69, 9.17) is 0 Å². The summed E-state index contributed by atoms with van der Waals surface area (Å²) in [6.45, 7) is 0. The molecule has 0 unspecified atom stereocenters. The van der Waals surface area contributed by atoms with Crippen LogP contribution in [0.15, 0.2) is 60.7 Å². The normalized spacial score (nSPS) is 10.6. The van der Waals surface area contributed by atoms with Crippen LogP contribution in [0.1, 0.15) is 0 Å². The summed E-state index contributed by atoms with van der Waals surface area (Å²) in [6, 6.07) is 22.8. The third kappa shape index (κ3) is 2.77. The van der Waals surface area contributed by atoms with Crippen LogP contribution >= 0.6 is 12.6 Å². The van der Waals surface area contributed by atoms with Crippen molar-refractivity contribution in [1.82, 2.24) is 0 Å². The monoisotopic (exact) mass is 243 g/mol. The first-order chi connectivity index (χ1) is 7.92. The Hall–Kier alpha value is -0.993. The third-order valence-corrected chi connectivity index (χ3v) is 6.06. The number of benzene rings is 2. The molecule has 0 fully saturated rings. The van der Waals surface area contributed by atoms with Gasteiger partial charge in [0.05, 0.1) is 0 Å². The summed E-state index contributed by atoms with van der Waals surface area (Å²) < 4.78 is 0. The molecule has 0 aliphatic carbocycles. The Morgan fingerprint density at radius 2 is 1.19 bits per heavy atom. The summed E-state index contributed by atoms with van der Waals surface area (Å²) in [5.74, 6) is 0.956. The molecule has 0 aliphatic rings. The molecule has 0 nitrogen and oxygen atoms in total. The highest BCUT2D eigenvalue weighted by molar-refractivity contribution is 7.80. The molecule has 2 heteroatoms. The molecule has 2 aromatic carbocycles. The van der Waals surface area contributed by atoms with Gasteiger partial charge in [-0.2, -0.15) is 12.6 Å². The van der Waals surface area contributed by atoms with E-state index < -0.39 is 8.80 Å². The van der Waals surface area contributed by atoms with E-state index >= 15 is 0 Å². The highest BCUT2D eigenvalue weighted by Gasteiger charge is 2.14. The number of hydrogen-bond acceptors (Lipinski definition) is 1. The van der Waals surface area contributed by atoms with Crippen LogP contribution in [0.2, 0.25) is 6.04 Å². The van der Waals surface area contributed by atoms with Crippen molar-refractivity contribution in [3.05, 3.63) is 60.7 Å². The van der Waals surface area contributed by atoms with Crippen molar-refractivity contribution in [3.63, 3.8) is 0 Å². The van der Waals surface area contributed by atoms with Crippen LogP contribution in [0.4, 0.5) is 0 Å². The summed E-state index contributed by atoms with van der Waals surface area (Å²) in [4.78, 5) is 0. The Morgan fingerprint density at radius 1 is 0.750 bits per heavy atom. The van der Waals surface area contributed by atoms with Gasteiger partial charge in [-0.15, -0.1) is 0 Å². The van der Waals surface area contributed by atoms with Crippen LogP contribution in [0, 0.1) is 0 Å². The van der Waals surface area contributed by atoms with Crippen molar-refractivity contribution in [2.45, 2.75) is 6.04 Å². The van der Waals surface area contributed by atoms with Gasteiger partial charge in [-0.3, -0.25) is 0 Å². The van der Waals surface area contributed by atoms with Crippen molar-refractivity contribution in [1.29, 1.82) is 0 Å². The van der Waals surface area contributed by atoms with Gasteiger partial charge in [-0.05, 0) is 11.8 Å². The van der Waals surface area contributed by atoms with E-state index in [1.807, 2.05) is 0 Å². The van der Waals surface area contributed by atoms with Crippen molar-refractivity contribution >= 4 is 31.8 Å². The molecule has 2 rings (SSSR count). The van der Waals surface area contributed by atoms with Crippen LogP contribution < -0.4 is 10.4 Å². The first-order valence-corrected chi connectivity index (χ1v) is 7.83. The average Bonchev–Trinajstić information content (AvgIpc) is 2.38. The Kier molecular flexibility index (Phi) is 4.25. The highest BCUT2D eigenvalue weighted by Crippen LogP contribution is 1.99. The lowest BCUT2D eigenvalue weighted by Gasteiger charge is -2.14. The molecule has 81 valence electrons. The molecule has 0 aliphatic heterocycles. The Bertz CT molecular complexity index is 374. The smallest absolute Gasteiger partial charge is 0.122 e. The molecule has 0 saturated carbocycles. The van der Waals surface area contributed by atoms with Crippen LogP contribution in [0.25, 0.3) is 0 Å². The zero-order chi connectivity index (χ0) is 11.2. The van der Waals surface area contributed by atoms with E-state index in [2.05, 4.69) is 73.3 Å². The predicted molar refractivity (Wildman–Crippen MR) is 76.6 cm³/mol. The minimum atomic E-state index is -0.627. The lowest BCUT2D eigenvalue weighted by Crippen LogP contribution is -2.42. The maximum absolute atomic E-state index is 4.39. The van der Waals surface area contributed by atoms with Gasteiger partial charge in [-0.25, -0.2) is 0 Å². The largest absolute Gasteiger partial charge is 0.180 e. The van der Waals surface area contributed by atoms with E-state index in [1.54, 1.807) is 0 Å². The van der Waals surface area contributed by atoms with Crippen molar-refractivity contribution in [2.24, 2.45) is 0 Å². The quantitative estimate of drug-likeness (QED) is 0.618. The molecule has 0 N–H and O–H groups in total. The second-order valence-corrected chi connectivity index (χ2v) is 6.74. The number of hydrogen-bond donors (Lipinski definition) is 1. The molecule has 0 saturated heterocycles. The molecule has 0 heterocycles. The van der Waals surface area contributed by atoms with E-state index in [0.29, 0.717) is 0 Å². The molecular weight excluding hydrogens is 228 g/mol. The van der Waals surface area contributed by atoms with E-state index in [9.17, 15) is 0 Å². The highest BCUT2D eigenvalue weighted by atomic mass is 32.1. The van der Waals surface area contributed by atoms with Crippen molar-refractivity contribution < 1.29 is 0 Å². The maximum atomic E-state index is 4.39. The van der Waals surface area contributed by atoms with Gasteiger partial charge in [-0.1, -0.05) is 71.0 Å². The molecule has 1 radical (unpaired) electrons. The van der Waals surface area contributed by atoms with Gasteiger partial charge in [0.2, 0.25) is 0 Å². The fourth-order valence-corrected chi connectivity index (χ4v) is 4.84. The SMILES string of the molecule is SCC[Si](c1ccccc1)c1ccccc1. The molecule has 0 spiro atoms. The topological polar surface area (TPSA) is 0 Å². The molecule has 2 aromatic rings. The van der Waals surface area contributed by atoms with Crippen LogP contribution in [-0.4, -0.2) is 14.5 Å². The summed E-state index contributed by atoms with van der Waals surface area (Å²) >= 11 is 4.39. The van der Waals surface area contributed by atoms with E-state index in [-0.39, 0.29) is 0 Å². The zero-order valence-electron chi connectivity index (χ0n) is 9.13. The molecule has 0 aromatic heterocycles. The molecule has 0 atom stereocenters. The molecule has 0 bridgehead atoms. The summed E-state index contributed by atoms with van der Waals surface area (Å²) in [7, 11) is -0.627. The lowest BCUT2D eigenvalue weighted by atomic mass is 10.4. The van der Waals surface area contributed by atoms with Gasteiger partial charge >= 0.3 is 0 Å². The van der Waals surface area contributed by atoms with Gasteiger partial charge < -0.3 is 0 Å². The number of rotatable bonds is 4.